The highest BCUT2D eigenvalue weighted by molar-refractivity contribution is 6.31. The molecule has 1 atom stereocenters. The average Bonchev–Trinajstić information content (AvgIpc) is 2.91. The SMILES string of the molecule is CN(Cc1c(F)cccc1Cl)C(=O)CN1CCCC1C(=O)O. The van der Waals surface area contributed by atoms with Crippen LogP contribution in [-0.4, -0.2) is 53.0 Å². The Morgan fingerprint density at radius 3 is 2.86 bits per heavy atom. The number of nitrogens with zero attached hydrogens (tertiary/aromatic N) is 2. The van der Waals surface area contributed by atoms with Gasteiger partial charge in [0.1, 0.15) is 11.9 Å². The molecule has 0 spiro atoms. The van der Waals surface area contributed by atoms with Gasteiger partial charge in [-0.1, -0.05) is 17.7 Å². The minimum absolute atomic E-state index is 0.0134. The van der Waals surface area contributed by atoms with Crippen molar-refractivity contribution in [2.75, 3.05) is 20.1 Å². The molecule has 1 fully saturated rings. The molecule has 1 amide bonds. The number of carboxylic acids is 1. The summed E-state index contributed by atoms with van der Waals surface area (Å²) in [6, 6.07) is 3.75. The molecular weight excluding hydrogens is 311 g/mol. The number of halogens is 2. The second-order valence-corrected chi connectivity index (χ2v) is 5.82. The predicted molar refractivity (Wildman–Crippen MR) is 80.1 cm³/mol. The van der Waals surface area contributed by atoms with Crippen molar-refractivity contribution >= 4 is 23.5 Å². The van der Waals surface area contributed by atoms with Gasteiger partial charge in [-0.2, -0.15) is 0 Å². The molecule has 0 bridgehead atoms. The molecule has 0 aliphatic carbocycles. The molecule has 22 heavy (non-hydrogen) atoms. The van der Waals surface area contributed by atoms with E-state index in [1.54, 1.807) is 18.0 Å². The molecule has 1 saturated heterocycles. The zero-order valence-electron chi connectivity index (χ0n) is 12.3. The molecule has 1 N–H and O–H groups in total. The molecule has 0 radical (unpaired) electrons. The van der Waals surface area contributed by atoms with Crippen LogP contribution in [-0.2, 0) is 16.1 Å². The molecule has 2 rings (SSSR count). The van der Waals surface area contributed by atoms with Crippen LogP contribution in [0.2, 0.25) is 5.02 Å². The van der Waals surface area contributed by atoms with Crippen LogP contribution in [0.4, 0.5) is 4.39 Å². The molecule has 1 aromatic rings. The lowest BCUT2D eigenvalue weighted by atomic mass is 10.2. The van der Waals surface area contributed by atoms with E-state index < -0.39 is 17.8 Å². The Hall–Kier alpha value is -1.66. The first-order chi connectivity index (χ1) is 10.4. The van der Waals surface area contributed by atoms with Crippen molar-refractivity contribution in [1.29, 1.82) is 0 Å². The number of likely N-dealkylation sites (tertiary alicyclic amines) is 1. The summed E-state index contributed by atoms with van der Waals surface area (Å²) in [5.74, 6) is -1.63. The Kier molecular flexibility index (Phi) is 5.37. The van der Waals surface area contributed by atoms with Crippen molar-refractivity contribution in [1.82, 2.24) is 9.80 Å². The van der Waals surface area contributed by atoms with Gasteiger partial charge in [0.05, 0.1) is 6.54 Å². The van der Waals surface area contributed by atoms with Crippen LogP contribution < -0.4 is 0 Å². The molecule has 0 aromatic heterocycles. The van der Waals surface area contributed by atoms with Gasteiger partial charge in [-0.25, -0.2) is 4.39 Å². The largest absolute Gasteiger partial charge is 0.480 e. The fraction of sp³-hybridized carbons (Fsp3) is 0.467. The van der Waals surface area contributed by atoms with Gasteiger partial charge in [0.2, 0.25) is 5.91 Å². The van der Waals surface area contributed by atoms with Gasteiger partial charge < -0.3 is 10.0 Å². The zero-order chi connectivity index (χ0) is 16.3. The average molecular weight is 329 g/mol. The number of likely N-dealkylation sites (N-methyl/N-ethyl adjacent to an activating group) is 1. The molecule has 0 saturated carbocycles. The first-order valence-corrected chi connectivity index (χ1v) is 7.41. The van der Waals surface area contributed by atoms with Gasteiger partial charge >= 0.3 is 5.97 Å². The molecular formula is C15H18ClFN2O3. The molecule has 1 heterocycles. The standard InChI is InChI=1S/C15H18ClFN2O3/c1-18(8-10-11(16)4-2-5-12(10)17)14(20)9-19-7-3-6-13(19)15(21)22/h2,4-5,13H,3,6-9H2,1H3,(H,21,22). The van der Waals surface area contributed by atoms with Crippen molar-refractivity contribution in [3.63, 3.8) is 0 Å². The lowest BCUT2D eigenvalue weighted by Gasteiger charge is -2.24. The van der Waals surface area contributed by atoms with Gasteiger partial charge in [-0.05, 0) is 31.5 Å². The first-order valence-electron chi connectivity index (χ1n) is 7.04. The van der Waals surface area contributed by atoms with Gasteiger partial charge in [0.25, 0.3) is 0 Å². The van der Waals surface area contributed by atoms with E-state index in [1.165, 1.54) is 17.0 Å². The number of hydrogen-bond acceptors (Lipinski definition) is 3. The third-order valence-corrected chi connectivity index (χ3v) is 4.22. The Labute approximate surface area is 133 Å². The van der Waals surface area contributed by atoms with Gasteiger partial charge in [0, 0.05) is 24.2 Å². The predicted octanol–water partition coefficient (Wildman–Crippen LogP) is 1.99. The van der Waals surface area contributed by atoms with Crippen LogP contribution in [0.1, 0.15) is 18.4 Å². The highest BCUT2D eigenvalue weighted by atomic mass is 35.5. The monoisotopic (exact) mass is 328 g/mol. The fourth-order valence-corrected chi connectivity index (χ4v) is 2.82. The van der Waals surface area contributed by atoms with Gasteiger partial charge in [0.15, 0.2) is 0 Å². The number of hydrogen-bond donors (Lipinski definition) is 1. The van der Waals surface area contributed by atoms with Crippen LogP contribution in [0.5, 0.6) is 0 Å². The summed E-state index contributed by atoms with van der Waals surface area (Å²) in [6.45, 7) is 0.645. The van der Waals surface area contributed by atoms with Crippen molar-refractivity contribution in [2.24, 2.45) is 0 Å². The lowest BCUT2D eigenvalue weighted by Crippen LogP contribution is -2.43. The van der Waals surface area contributed by atoms with Crippen LogP contribution in [0, 0.1) is 5.82 Å². The fourth-order valence-electron chi connectivity index (χ4n) is 2.60. The van der Waals surface area contributed by atoms with Crippen molar-refractivity contribution in [2.45, 2.75) is 25.4 Å². The third-order valence-electron chi connectivity index (χ3n) is 3.87. The maximum Gasteiger partial charge on any atom is 0.320 e. The normalized spacial score (nSPS) is 18.4. The molecule has 120 valence electrons. The molecule has 1 aromatic carbocycles. The van der Waals surface area contributed by atoms with Crippen LogP contribution >= 0.6 is 11.6 Å². The molecule has 1 unspecified atom stereocenters. The zero-order valence-corrected chi connectivity index (χ0v) is 13.0. The number of carbonyl (C=O) groups is 2. The highest BCUT2D eigenvalue weighted by Gasteiger charge is 2.32. The summed E-state index contributed by atoms with van der Waals surface area (Å²) in [4.78, 5) is 26.3. The number of aliphatic carboxylic acids is 1. The topological polar surface area (TPSA) is 60.9 Å². The summed E-state index contributed by atoms with van der Waals surface area (Å²) in [5, 5.41) is 9.38. The van der Waals surface area contributed by atoms with Crippen molar-refractivity contribution in [3.8, 4) is 0 Å². The number of amides is 1. The highest BCUT2D eigenvalue weighted by Crippen LogP contribution is 2.21. The Bertz CT molecular complexity index is 562. The molecule has 1 aliphatic rings. The van der Waals surface area contributed by atoms with Crippen LogP contribution in [0.25, 0.3) is 0 Å². The van der Waals surface area contributed by atoms with Crippen molar-refractivity contribution in [3.05, 3.63) is 34.6 Å². The molecule has 1 aliphatic heterocycles. The Morgan fingerprint density at radius 1 is 1.50 bits per heavy atom. The smallest absolute Gasteiger partial charge is 0.320 e. The van der Waals surface area contributed by atoms with E-state index in [0.29, 0.717) is 13.0 Å². The minimum Gasteiger partial charge on any atom is -0.480 e. The maximum absolute atomic E-state index is 13.7. The summed E-state index contributed by atoms with van der Waals surface area (Å²) < 4.78 is 13.7. The van der Waals surface area contributed by atoms with Crippen molar-refractivity contribution < 1.29 is 19.1 Å². The van der Waals surface area contributed by atoms with E-state index >= 15 is 0 Å². The van der Waals surface area contributed by atoms with Gasteiger partial charge in [-0.3, -0.25) is 14.5 Å². The number of carboxylic acid groups (broad SMARTS) is 1. The summed E-state index contributed by atoms with van der Waals surface area (Å²) >= 11 is 5.95. The molecule has 5 nitrogen and oxygen atoms in total. The first kappa shape index (κ1) is 16.7. The van der Waals surface area contributed by atoms with E-state index in [4.69, 9.17) is 16.7 Å². The maximum atomic E-state index is 13.7. The lowest BCUT2D eigenvalue weighted by molar-refractivity contribution is -0.143. The van der Waals surface area contributed by atoms with E-state index in [-0.39, 0.29) is 29.6 Å². The summed E-state index contributed by atoms with van der Waals surface area (Å²) in [5.41, 5.74) is 0.260. The minimum atomic E-state index is -0.912. The van der Waals surface area contributed by atoms with Crippen LogP contribution in [0.3, 0.4) is 0 Å². The Balaban J connectivity index is 1.99. The van der Waals surface area contributed by atoms with E-state index in [0.717, 1.165) is 6.42 Å². The second-order valence-electron chi connectivity index (χ2n) is 5.42. The number of carbonyl (C=O) groups excluding carboxylic acids is 1. The van der Waals surface area contributed by atoms with E-state index in [1.807, 2.05) is 0 Å². The third kappa shape index (κ3) is 3.75. The van der Waals surface area contributed by atoms with Gasteiger partial charge in [-0.15, -0.1) is 0 Å². The number of benzene rings is 1. The Morgan fingerprint density at radius 2 is 2.23 bits per heavy atom. The van der Waals surface area contributed by atoms with Crippen LogP contribution in [0.15, 0.2) is 18.2 Å². The second kappa shape index (κ2) is 7.07. The summed E-state index contributed by atoms with van der Waals surface area (Å²) in [6.07, 6.45) is 1.30. The molecule has 7 heteroatoms. The van der Waals surface area contributed by atoms with E-state index in [9.17, 15) is 14.0 Å². The quantitative estimate of drug-likeness (QED) is 0.898. The van der Waals surface area contributed by atoms with E-state index in [2.05, 4.69) is 0 Å². The number of rotatable bonds is 5. The summed E-state index contributed by atoms with van der Waals surface area (Å²) in [7, 11) is 1.55.